The Morgan fingerprint density at radius 2 is 1.88 bits per heavy atom. The quantitative estimate of drug-likeness (QED) is 0.198. The van der Waals surface area contributed by atoms with E-state index in [2.05, 4.69) is 26.2 Å². The van der Waals surface area contributed by atoms with E-state index in [1.807, 2.05) is 30.3 Å². The van der Waals surface area contributed by atoms with E-state index in [0.717, 1.165) is 5.56 Å². The number of hydrogen-bond donors (Lipinski definition) is 5. The van der Waals surface area contributed by atoms with Crippen LogP contribution in [0.1, 0.15) is 37.8 Å². The first-order valence-electron chi connectivity index (χ1n) is 12.8. The van der Waals surface area contributed by atoms with E-state index >= 15 is 0 Å². The minimum atomic E-state index is -1.29. The zero-order valence-electron chi connectivity index (χ0n) is 23.6. The molecular weight excluding hydrogens is 552 g/mol. The molecule has 3 aromatic rings. The molecule has 0 aliphatic heterocycles. The highest BCUT2D eigenvalue weighted by Gasteiger charge is 2.35. The summed E-state index contributed by atoms with van der Waals surface area (Å²) in [5.41, 5.74) is 4.04. The number of hydrogen-bond acceptors (Lipinski definition) is 10. The van der Waals surface area contributed by atoms with Gasteiger partial charge in [-0.05, 0) is 24.3 Å². The van der Waals surface area contributed by atoms with Crippen LogP contribution >= 0.6 is 11.3 Å². The van der Waals surface area contributed by atoms with Crippen molar-refractivity contribution in [1.82, 2.24) is 31.2 Å². The highest BCUT2D eigenvalue weighted by molar-refractivity contribution is 7.13. The molecule has 0 radical (unpaired) electrons. The Hall–Kier alpha value is -4.01. The predicted molar refractivity (Wildman–Crippen MR) is 151 cm³/mol. The van der Waals surface area contributed by atoms with Crippen LogP contribution in [0.4, 0.5) is 9.59 Å². The van der Waals surface area contributed by atoms with Crippen molar-refractivity contribution in [2.75, 3.05) is 13.7 Å². The molecule has 2 heterocycles. The first-order valence-corrected chi connectivity index (χ1v) is 13.7. The van der Waals surface area contributed by atoms with E-state index < -0.39 is 41.7 Å². The topological polar surface area (TPSA) is 179 Å². The van der Waals surface area contributed by atoms with Gasteiger partial charge in [0.05, 0.1) is 31.5 Å². The number of aryl methyl sites for hydroxylation is 1. The summed E-state index contributed by atoms with van der Waals surface area (Å²) in [4.78, 5) is 41.6. The molecule has 0 spiro atoms. The minimum Gasteiger partial charge on any atom is -0.465 e. The zero-order valence-corrected chi connectivity index (χ0v) is 24.4. The molecule has 2 aromatic heterocycles. The van der Waals surface area contributed by atoms with Crippen molar-refractivity contribution in [1.29, 1.82) is 0 Å². The fraction of sp³-hybridized carbons (Fsp3) is 0.444. The van der Waals surface area contributed by atoms with Gasteiger partial charge in [-0.2, -0.15) is 0 Å². The first-order chi connectivity index (χ1) is 19.3. The molecule has 0 fully saturated rings. The van der Waals surface area contributed by atoms with Gasteiger partial charge in [-0.15, -0.1) is 11.3 Å². The van der Waals surface area contributed by atoms with E-state index in [1.54, 1.807) is 39.1 Å². The Morgan fingerprint density at radius 3 is 2.46 bits per heavy atom. The van der Waals surface area contributed by atoms with Gasteiger partial charge in [0.2, 0.25) is 0 Å². The van der Waals surface area contributed by atoms with Crippen LogP contribution in [0.5, 0.6) is 0 Å². The van der Waals surface area contributed by atoms with E-state index in [1.165, 1.54) is 23.5 Å². The summed E-state index contributed by atoms with van der Waals surface area (Å²) >= 11 is 1.34. The molecule has 0 saturated carbocycles. The molecule has 0 unspecified atom stereocenters. The summed E-state index contributed by atoms with van der Waals surface area (Å²) in [5.74, 6) is 0.0824. The van der Waals surface area contributed by atoms with Crippen LogP contribution in [-0.2, 0) is 22.5 Å². The highest BCUT2D eigenvalue weighted by Crippen LogP contribution is 2.24. The monoisotopic (exact) mass is 588 g/mol. The number of aliphatic hydroxyl groups is 1. The lowest BCUT2D eigenvalue weighted by molar-refractivity contribution is -0.131. The number of carboxylic acid groups (broad SMARTS) is 1. The Balaban J connectivity index is 1.85. The molecule has 0 saturated heterocycles. The number of amides is 3. The molecule has 13 nitrogen and oxygen atoms in total. The molecule has 3 atom stereocenters. The number of aliphatic hydroxyl groups excluding tert-OH is 1. The number of nitrogens with zero attached hydrogens (tertiary/aromatic N) is 3. The van der Waals surface area contributed by atoms with Crippen LogP contribution in [0.15, 0.2) is 46.3 Å². The minimum absolute atomic E-state index is 0.0658. The van der Waals surface area contributed by atoms with Gasteiger partial charge in [0.25, 0.3) is 5.91 Å². The van der Waals surface area contributed by atoms with Crippen LogP contribution in [-0.4, -0.2) is 75.3 Å². The number of carbonyl (C=O) groups is 3. The van der Waals surface area contributed by atoms with Crippen molar-refractivity contribution in [2.45, 2.75) is 58.8 Å². The molecule has 222 valence electrons. The molecule has 0 bridgehead atoms. The number of aromatic nitrogens is 2. The molecule has 0 aliphatic carbocycles. The molecule has 3 amide bonds. The molecule has 41 heavy (non-hydrogen) atoms. The molecule has 14 heteroatoms. The summed E-state index contributed by atoms with van der Waals surface area (Å²) in [6, 6.07) is 9.03. The van der Waals surface area contributed by atoms with Gasteiger partial charge in [-0.3, -0.25) is 10.2 Å². The zero-order chi connectivity index (χ0) is 30.2. The van der Waals surface area contributed by atoms with Gasteiger partial charge in [0.15, 0.2) is 0 Å². The summed E-state index contributed by atoms with van der Waals surface area (Å²) in [6.07, 6.45) is -3.07. The standard InChI is InChI=1S/C27H36N6O7S/c1-16-11-20(32-40-16)24-28-18(15-41-24)13-33(31-23(35)22(27(2,3)4)30-26(38)39-5)14-21(34)19(29-25(36)37)12-17-9-7-6-8-10-17/h6-11,15,19,21-22,29,34H,12-14H2,1-5H3,(H,30,38)(H,31,35)(H,36,37)/t19-,21-,22+/m0/s1. The van der Waals surface area contributed by atoms with E-state index in [4.69, 9.17) is 9.26 Å². The maximum Gasteiger partial charge on any atom is 0.407 e. The number of nitrogens with one attached hydrogen (secondary N) is 3. The predicted octanol–water partition coefficient (Wildman–Crippen LogP) is 2.95. The third kappa shape index (κ3) is 9.55. The van der Waals surface area contributed by atoms with Crippen LogP contribution in [0.25, 0.3) is 10.7 Å². The Labute approximate surface area is 241 Å². The van der Waals surface area contributed by atoms with Gasteiger partial charge in [-0.1, -0.05) is 56.3 Å². The van der Waals surface area contributed by atoms with Crippen molar-refractivity contribution < 1.29 is 33.9 Å². The SMILES string of the molecule is COC(=O)N[C@H](C(=O)NN(Cc1csc(-c2cc(C)on2)n1)C[C@H](O)[C@H](Cc1ccccc1)NC(=O)O)C(C)(C)C. The van der Waals surface area contributed by atoms with Crippen molar-refractivity contribution >= 4 is 29.4 Å². The molecular formula is C27H36N6O7S. The average Bonchev–Trinajstić information content (AvgIpc) is 3.55. The second-order valence-corrected chi connectivity index (χ2v) is 11.4. The second-order valence-electron chi connectivity index (χ2n) is 10.6. The number of ether oxygens (including phenoxy) is 1. The van der Waals surface area contributed by atoms with Crippen LogP contribution in [0.2, 0.25) is 0 Å². The first kappa shape index (κ1) is 31.5. The summed E-state index contributed by atoms with van der Waals surface area (Å²) in [7, 11) is 1.20. The second kappa shape index (κ2) is 14.1. The fourth-order valence-electron chi connectivity index (χ4n) is 4.05. The number of hydrazine groups is 1. The van der Waals surface area contributed by atoms with Crippen LogP contribution in [0.3, 0.4) is 0 Å². The number of methoxy groups -OCH3 is 1. The van der Waals surface area contributed by atoms with Crippen LogP contribution in [0, 0.1) is 12.3 Å². The van der Waals surface area contributed by atoms with E-state index in [-0.39, 0.29) is 19.5 Å². The van der Waals surface area contributed by atoms with Gasteiger partial charge >= 0.3 is 12.2 Å². The van der Waals surface area contributed by atoms with Crippen molar-refractivity contribution in [3.05, 3.63) is 58.8 Å². The summed E-state index contributed by atoms with van der Waals surface area (Å²) in [5, 5.41) is 33.4. The number of carbonyl (C=O) groups excluding carboxylic acids is 2. The van der Waals surface area contributed by atoms with Gasteiger partial charge in [0.1, 0.15) is 22.5 Å². The number of thiazole rings is 1. The van der Waals surface area contributed by atoms with Crippen molar-refractivity contribution in [3.8, 4) is 10.7 Å². The number of benzene rings is 1. The van der Waals surface area contributed by atoms with Gasteiger partial charge in [-0.25, -0.2) is 19.6 Å². The smallest absolute Gasteiger partial charge is 0.407 e. The normalized spacial score (nSPS) is 13.7. The Morgan fingerprint density at radius 1 is 1.17 bits per heavy atom. The maximum atomic E-state index is 13.4. The maximum absolute atomic E-state index is 13.4. The van der Waals surface area contributed by atoms with Gasteiger partial charge < -0.3 is 30.1 Å². The van der Waals surface area contributed by atoms with Gasteiger partial charge in [0, 0.05) is 18.0 Å². The Kier molecular flexibility index (Phi) is 10.8. The lowest BCUT2D eigenvalue weighted by atomic mass is 9.86. The Bertz CT molecular complexity index is 1310. The average molecular weight is 589 g/mol. The third-order valence-electron chi connectivity index (χ3n) is 6.08. The highest BCUT2D eigenvalue weighted by atomic mass is 32.1. The van der Waals surface area contributed by atoms with Crippen molar-refractivity contribution in [3.63, 3.8) is 0 Å². The third-order valence-corrected chi connectivity index (χ3v) is 6.99. The lowest BCUT2D eigenvalue weighted by Gasteiger charge is -2.34. The fourth-order valence-corrected chi connectivity index (χ4v) is 4.81. The molecule has 3 rings (SSSR count). The number of rotatable bonds is 12. The molecule has 5 N–H and O–H groups in total. The van der Waals surface area contributed by atoms with E-state index in [9.17, 15) is 24.6 Å². The summed E-state index contributed by atoms with van der Waals surface area (Å²) < 4.78 is 9.83. The lowest BCUT2D eigenvalue weighted by Crippen LogP contribution is -2.59. The van der Waals surface area contributed by atoms with Crippen LogP contribution < -0.4 is 16.1 Å². The molecule has 1 aromatic carbocycles. The largest absolute Gasteiger partial charge is 0.465 e. The molecule has 0 aliphatic rings. The number of alkyl carbamates (subject to hydrolysis) is 1. The van der Waals surface area contributed by atoms with Crippen molar-refractivity contribution in [2.24, 2.45) is 5.41 Å². The summed E-state index contributed by atoms with van der Waals surface area (Å²) in [6.45, 7) is 7.03. The van der Waals surface area contributed by atoms with E-state index in [0.29, 0.717) is 22.2 Å².